The quantitative estimate of drug-likeness (QED) is 0.160. The summed E-state index contributed by atoms with van der Waals surface area (Å²) >= 11 is 0.948. The van der Waals surface area contributed by atoms with Crippen molar-refractivity contribution in [1.29, 1.82) is 5.26 Å². The Bertz CT molecular complexity index is 1410. The topological polar surface area (TPSA) is 123 Å². The van der Waals surface area contributed by atoms with Gasteiger partial charge < -0.3 is 14.2 Å². The van der Waals surface area contributed by atoms with Gasteiger partial charge in [0.1, 0.15) is 39.3 Å². The van der Waals surface area contributed by atoms with Crippen LogP contribution in [-0.2, 0) is 19.1 Å². The first-order valence-electron chi connectivity index (χ1n) is 13.8. The van der Waals surface area contributed by atoms with E-state index < -0.39 is 40.9 Å². The molecule has 11 heteroatoms. The first-order valence-corrected chi connectivity index (χ1v) is 14.6. The monoisotopic (exact) mass is 600 g/mol. The molecule has 42 heavy (non-hydrogen) atoms. The van der Waals surface area contributed by atoms with Crippen LogP contribution < -0.4 is 9.64 Å². The molecule has 1 aromatic heterocycles. The largest absolute Gasteiger partial charge is 0.496 e. The van der Waals surface area contributed by atoms with E-state index in [9.17, 15) is 23.6 Å². The lowest BCUT2D eigenvalue weighted by atomic mass is 9.68. The first-order chi connectivity index (χ1) is 19.8. The third-order valence-electron chi connectivity index (χ3n) is 7.31. The first kappa shape index (κ1) is 32.9. The highest BCUT2D eigenvalue weighted by Gasteiger charge is 2.53. The van der Waals surface area contributed by atoms with Crippen molar-refractivity contribution in [3.8, 4) is 11.8 Å². The third-order valence-corrected chi connectivity index (χ3v) is 8.60. The number of carbonyl (C=O) groups is 4. The Morgan fingerprint density at radius 1 is 1.24 bits per heavy atom. The Morgan fingerprint density at radius 2 is 1.93 bits per heavy atom. The Hall–Kier alpha value is -3.62. The lowest BCUT2D eigenvalue weighted by molar-refractivity contribution is -0.136. The number of esters is 1. The van der Waals surface area contributed by atoms with Gasteiger partial charge in [0, 0.05) is 17.4 Å². The molecule has 0 bridgehead atoms. The Balaban J connectivity index is 2.22. The molecular formula is C31H37FN2O7S. The lowest BCUT2D eigenvalue weighted by Gasteiger charge is -2.40. The summed E-state index contributed by atoms with van der Waals surface area (Å²) in [5, 5.41) is 9.31. The maximum Gasteiger partial charge on any atom is 0.348 e. The molecule has 226 valence electrons. The minimum absolute atomic E-state index is 0.00823. The maximum atomic E-state index is 14.4. The molecule has 1 aliphatic heterocycles. The second-order valence-corrected chi connectivity index (χ2v) is 12.1. The minimum atomic E-state index is -1.37. The molecule has 0 fully saturated rings. The molecule has 1 amide bonds. The molecule has 0 N–H and O–H groups in total. The number of halogens is 1. The van der Waals surface area contributed by atoms with Crippen LogP contribution in [0.4, 0.5) is 9.39 Å². The van der Waals surface area contributed by atoms with Gasteiger partial charge in [-0.25, -0.2) is 9.18 Å². The molecule has 0 radical (unpaired) electrons. The number of Topliss-reactive ketones (excluding diaryl/α,β-unsaturated/α-hetero) is 2. The van der Waals surface area contributed by atoms with Gasteiger partial charge in [-0.15, -0.1) is 11.3 Å². The van der Waals surface area contributed by atoms with Crippen LogP contribution in [0.5, 0.6) is 5.75 Å². The maximum absolute atomic E-state index is 14.4. The molecule has 1 aromatic carbocycles. The van der Waals surface area contributed by atoms with Crippen molar-refractivity contribution in [3.63, 3.8) is 0 Å². The molecule has 0 saturated carbocycles. The number of amides is 1. The molecule has 2 aromatic rings. The number of anilines is 1. The van der Waals surface area contributed by atoms with Crippen molar-refractivity contribution in [2.75, 3.05) is 31.8 Å². The Kier molecular flexibility index (Phi) is 10.6. The van der Waals surface area contributed by atoms with Gasteiger partial charge in [0.25, 0.3) is 0 Å². The number of ketones is 2. The number of benzene rings is 1. The van der Waals surface area contributed by atoms with Crippen LogP contribution in [0.1, 0.15) is 84.7 Å². The summed E-state index contributed by atoms with van der Waals surface area (Å²) < 4.78 is 31.1. The van der Waals surface area contributed by atoms with Crippen molar-refractivity contribution in [2.45, 2.75) is 60.5 Å². The van der Waals surface area contributed by atoms with Gasteiger partial charge in [0.05, 0.1) is 44.9 Å². The normalized spacial score (nSPS) is 15.8. The fourth-order valence-electron chi connectivity index (χ4n) is 5.10. The molecule has 9 nitrogen and oxygen atoms in total. The molecule has 3 rings (SSSR count). The van der Waals surface area contributed by atoms with Gasteiger partial charge in [-0.1, -0.05) is 27.7 Å². The second kappa shape index (κ2) is 13.6. The van der Waals surface area contributed by atoms with E-state index in [1.165, 1.54) is 30.2 Å². The van der Waals surface area contributed by atoms with E-state index in [4.69, 9.17) is 19.5 Å². The van der Waals surface area contributed by atoms with Crippen LogP contribution >= 0.6 is 11.3 Å². The predicted molar refractivity (Wildman–Crippen MR) is 155 cm³/mol. The molecule has 1 aliphatic rings. The van der Waals surface area contributed by atoms with Crippen LogP contribution in [0.2, 0.25) is 0 Å². The zero-order chi connectivity index (χ0) is 31.4. The molecule has 2 atom stereocenters. The summed E-state index contributed by atoms with van der Waals surface area (Å²) in [5.41, 5.74) is -0.536. The third kappa shape index (κ3) is 6.55. The molecule has 0 aliphatic carbocycles. The lowest BCUT2D eigenvalue weighted by Crippen LogP contribution is -2.53. The number of rotatable bonds is 13. The minimum Gasteiger partial charge on any atom is -0.496 e. The van der Waals surface area contributed by atoms with E-state index in [0.29, 0.717) is 16.9 Å². The highest BCUT2D eigenvalue weighted by Crippen LogP contribution is 2.47. The number of nitrogens with zero attached hydrogens (tertiary/aromatic N) is 2. The van der Waals surface area contributed by atoms with Crippen LogP contribution in [-0.4, -0.2) is 50.3 Å². The number of ether oxygens (including phenoxy) is 3. The van der Waals surface area contributed by atoms with Gasteiger partial charge in [0.15, 0.2) is 5.78 Å². The standard InChI is InChI=1S/C31H37FN2O7S/c1-8-40-30(38)27-18(4)24-26(36)25(31(5,6)23(35)14-17(2)3)28(37)34(29(24)42-27)16-22(41-13-9-12-33)20-15-19(32)10-11-21(20)39-7/h10-11,15,17,22,25H,8-9,13-14,16H2,1-7H3/t22-,25?/m0/s1. The Morgan fingerprint density at radius 3 is 2.52 bits per heavy atom. The molecule has 0 spiro atoms. The van der Waals surface area contributed by atoms with Gasteiger partial charge in [-0.3, -0.25) is 19.3 Å². The molecular weight excluding hydrogens is 563 g/mol. The van der Waals surface area contributed by atoms with Crippen molar-refractivity contribution < 1.29 is 37.8 Å². The molecule has 1 unspecified atom stereocenters. The predicted octanol–water partition coefficient (Wildman–Crippen LogP) is 5.84. The molecule has 0 saturated heterocycles. The van der Waals surface area contributed by atoms with Crippen molar-refractivity contribution in [2.24, 2.45) is 17.3 Å². The van der Waals surface area contributed by atoms with Crippen molar-refractivity contribution >= 4 is 39.8 Å². The van der Waals surface area contributed by atoms with Crippen LogP contribution in [0.25, 0.3) is 0 Å². The SMILES string of the molecule is CCOC(=O)c1sc2c(c1C)C(=O)C(C(C)(C)C(=O)CC(C)C)C(=O)N2C[C@H](OCCC#N)c1cc(F)ccc1OC. The number of thiophene rings is 1. The van der Waals surface area contributed by atoms with Crippen LogP contribution in [0.15, 0.2) is 18.2 Å². The highest BCUT2D eigenvalue weighted by atomic mass is 32.1. The summed E-state index contributed by atoms with van der Waals surface area (Å²) in [7, 11) is 1.42. The fraction of sp³-hybridized carbons (Fsp3) is 0.516. The van der Waals surface area contributed by atoms with Gasteiger partial charge >= 0.3 is 5.97 Å². The van der Waals surface area contributed by atoms with Crippen LogP contribution in [0.3, 0.4) is 0 Å². The number of hydrogen-bond donors (Lipinski definition) is 0. The van der Waals surface area contributed by atoms with E-state index in [2.05, 4.69) is 0 Å². The van der Waals surface area contributed by atoms with E-state index in [-0.39, 0.29) is 59.7 Å². The van der Waals surface area contributed by atoms with E-state index in [1.54, 1.807) is 27.7 Å². The smallest absolute Gasteiger partial charge is 0.348 e. The fourth-order valence-corrected chi connectivity index (χ4v) is 6.32. The number of methoxy groups -OCH3 is 1. The van der Waals surface area contributed by atoms with Crippen LogP contribution in [0, 0.1) is 41.3 Å². The number of hydrogen-bond acceptors (Lipinski definition) is 9. The second-order valence-electron chi connectivity index (χ2n) is 11.1. The van der Waals surface area contributed by atoms with Crippen molar-refractivity contribution in [3.05, 3.63) is 45.6 Å². The van der Waals surface area contributed by atoms with E-state index in [1.807, 2.05) is 19.9 Å². The van der Waals surface area contributed by atoms with E-state index in [0.717, 1.165) is 11.3 Å². The highest BCUT2D eigenvalue weighted by molar-refractivity contribution is 7.19. The zero-order valence-electron chi connectivity index (χ0n) is 25.0. The van der Waals surface area contributed by atoms with Crippen molar-refractivity contribution in [1.82, 2.24) is 0 Å². The summed E-state index contributed by atoms with van der Waals surface area (Å²) in [5.74, 6) is -3.65. The average Bonchev–Trinajstić information content (AvgIpc) is 3.27. The summed E-state index contributed by atoms with van der Waals surface area (Å²) in [6.07, 6.45) is -0.762. The summed E-state index contributed by atoms with van der Waals surface area (Å²) in [6, 6.07) is 5.89. The number of carbonyl (C=O) groups excluding carboxylic acids is 4. The zero-order valence-corrected chi connectivity index (χ0v) is 25.9. The number of fused-ring (bicyclic) bond motifs is 1. The van der Waals surface area contributed by atoms with E-state index >= 15 is 0 Å². The van der Waals surface area contributed by atoms with Gasteiger partial charge in [-0.05, 0) is 43.5 Å². The van der Waals surface area contributed by atoms with Gasteiger partial charge in [0.2, 0.25) is 5.91 Å². The Labute approximate surface area is 249 Å². The molecule has 2 heterocycles. The number of nitriles is 1. The van der Waals surface area contributed by atoms with Gasteiger partial charge in [-0.2, -0.15) is 5.26 Å². The summed E-state index contributed by atoms with van der Waals surface area (Å²) in [6.45, 7) is 10.1. The summed E-state index contributed by atoms with van der Waals surface area (Å²) in [4.78, 5) is 56.1. The average molecular weight is 601 g/mol.